The molecule has 1 aromatic carbocycles. The number of piperidine rings is 1. The normalized spacial score (nSPS) is 21.6. The van der Waals surface area contributed by atoms with Crippen LogP contribution in [0.1, 0.15) is 50.9 Å². The minimum absolute atomic E-state index is 0.0246. The van der Waals surface area contributed by atoms with Crippen LogP contribution in [-0.4, -0.2) is 30.4 Å². The zero-order valence-electron chi connectivity index (χ0n) is 14.5. The first-order valence-corrected chi connectivity index (χ1v) is 8.14. The van der Waals surface area contributed by atoms with E-state index in [9.17, 15) is 9.59 Å². The van der Waals surface area contributed by atoms with Crippen LogP contribution in [0.2, 0.25) is 0 Å². The van der Waals surface area contributed by atoms with Gasteiger partial charge >= 0.3 is 0 Å². The Morgan fingerprint density at radius 2 is 1.83 bits per heavy atom. The average Bonchev–Trinajstić information content (AvgIpc) is 2.47. The minimum atomic E-state index is -0.374. The summed E-state index contributed by atoms with van der Waals surface area (Å²) in [6.07, 6.45) is 1.90. The number of hydrogen-bond acceptors (Lipinski definition) is 3. The van der Waals surface area contributed by atoms with Crippen molar-refractivity contribution in [3.05, 3.63) is 29.8 Å². The van der Waals surface area contributed by atoms with Gasteiger partial charge in [0.05, 0.1) is 5.41 Å². The first kappa shape index (κ1) is 17.5. The summed E-state index contributed by atoms with van der Waals surface area (Å²) in [7, 11) is 0. The van der Waals surface area contributed by atoms with Crippen molar-refractivity contribution in [3.63, 3.8) is 0 Å². The lowest BCUT2D eigenvalue weighted by molar-refractivity contribution is -0.125. The van der Waals surface area contributed by atoms with E-state index in [2.05, 4.69) is 16.0 Å². The van der Waals surface area contributed by atoms with Gasteiger partial charge < -0.3 is 16.0 Å². The highest BCUT2D eigenvalue weighted by atomic mass is 16.2. The predicted octanol–water partition coefficient (Wildman–Crippen LogP) is 2.54. The van der Waals surface area contributed by atoms with Crippen molar-refractivity contribution >= 4 is 17.5 Å². The topological polar surface area (TPSA) is 70.2 Å². The molecule has 1 aliphatic heterocycles. The molecule has 1 atom stereocenters. The van der Waals surface area contributed by atoms with Gasteiger partial charge in [-0.25, -0.2) is 0 Å². The Morgan fingerprint density at radius 1 is 1.17 bits per heavy atom. The second kappa shape index (κ2) is 6.71. The maximum Gasteiger partial charge on any atom is 0.251 e. The Labute approximate surface area is 138 Å². The van der Waals surface area contributed by atoms with Crippen LogP contribution in [0, 0.1) is 5.41 Å². The summed E-state index contributed by atoms with van der Waals surface area (Å²) in [5.41, 5.74) is 0.658. The summed E-state index contributed by atoms with van der Waals surface area (Å²) >= 11 is 0. The lowest BCUT2D eigenvalue weighted by Gasteiger charge is -2.32. The highest BCUT2D eigenvalue weighted by Crippen LogP contribution is 2.27. The number of benzene rings is 1. The molecule has 0 aromatic heterocycles. The monoisotopic (exact) mass is 317 g/mol. The molecule has 0 saturated carbocycles. The van der Waals surface area contributed by atoms with Crippen molar-refractivity contribution < 1.29 is 9.59 Å². The second-order valence-corrected chi connectivity index (χ2v) is 7.58. The van der Waals surface area contributed by atoms with E-state index in [1.165, 1.54) is 0 Å². The molecule has 5 nitrogen and oxygen atoms in total. The standard InChI is InChI=1S/C18H27N3O2/c1-17(2,3)21-15(22)13-6-8-14(9-7-13)20-16(23)18(4)10-5-11-19-12-18/h6-9,19H,5,10-12H2,1-4H3,(H,20,23)(H,21,22). The molecule has 2 amide bonds. The minimum Gasteiger partial charge on any atom is -0.347 e. The van der Waals surface area contributed by atoms with Crippen LogP contribution in [0.15, 0.2) is 24.3 Å². The number of hydrogen-bond donors (Lipinski definition) is 3. The van der Waals surface area contributed by atoms with Gasteiger partial charge in [-0.1, -0.05) is 0 Å². The number of carbonyl (C=O) groups excluding carboxylic acids is 2. The zero-order valence-corrected chi connectivity index (χ0v) is 14.5. The van der Waals surface area contributed by atoms with E-state index in [0.29, 0.717) is 17.8 Å². The van der Waals surface area contributed by atoms with Gasteiger partial charge in [-0.2, -0.15) is 0 Å². The molecular formula is C18H27N3O2. The van der Waals surface area contributed by atoms with Crippen LogP contribution in [-0.2, 0) is 4.79 Å². The summed E-state index contributed by atoms with van der Waals surface area (Å²) in [5, 5.41) is 9.15. The lowest BCUT2D eigenvalue weighted by Crippen LogP contribution is -2.46. The number of amides is 2. The maximum absolute atomic E-state index is 12.5. The van der Waals surface area contributed by atoms with Gasteiger partial charge in [0.2, 0.25) is 5.91 Å². The number of anilines is 1. The van der Waals surface area contributed by atoms with Crippen LogP contribution in [0.3, 0.4) is 0 Å². The van der Waals surface area contributed by atoms with Crippen LogP contribution in [0.25, 0.3) is 0 Å². The Kier molecular flexibility index (Phi) is 5.09. The molecule has 1 aliphatic rings. The highest BCUT2D eigenvalue weighted by Gasteiger charge is 2.34. The van der Waals surface area contributed by atoms with E-state index in [1.54, 1.807) is 24.3 Å². The average molecular weight is 317 g/mol. The fraction of sp³-hybridized carbons (Fsp3) is 0.556. The molecule has 1 saturated heterocycles. The van der Waals surface area contributed by atoms with Gasteiger partial charge in [-0.3, -0.25) is 9.59 Å². The van der Waals surface area contributed by atoms with Gasteiger partial charge in [0.15, 0.2) is 0 Å². The Hall–Kier alpha value is -1.88. The summed E-state index contributed by atoms with van der Waals surface area (Å²) in [5.74, 6) is -0.0876. The molecule has 0 spiro atoms. The molecule has 0 bridgehead atoms. The van der Waals surface area contributed by atoms with Gasteiger partial charge in [0.25, 0.3) is 5.91 Å². The fourth-order valence-electron chi connectivity index (χ4n) is 2.65. The molecule has 0 aliphatic carbocycles. The van der Waals surface area contributed by atoms with E-state index in [0.717, 1.165) is 19.4 Å². The van der Waals surface area contributed by atoms with Crippen molar-refractivity contribution in [2.75, 3.05) is 18.4 Å². The third kappa shape index (κ3) is 4.79. The van der Waals surface area contributed by atoms with Crippen molar-refractivity contribution in [3.8, 4) is 0 Å². The van der Waals surface area contributed by atoms with Crippen LogP contribution in [0.4, 0.5) is 5.69 Å². The van der Waals surface area contributed by atoms with Crippen LogP contribution >= 0.6 is 0 Å². The van der Waals surface area contributed by atoms with Gasteiger partial charge in [0, 0.05) is 23.3 Å². The molecule has 2 rings (SSSR count). The Balaban J connectivity index is 2.00. The molecule has 126 valence electrons. The number of rotatable bonds is 3. The van der Waals surface area contributed by atoms with Gasteiger partial charge in [-0.15, -0.1) is 0 Å². The van der Waals surface area contributed by atoms with Crippen molar-refractivity contribution in [2.45, 2.75) is 46.1 Å². The maximum atomic E-state index is 12.5. The molecule has 3 N–H and O–H groups in total. The SMILES string of the molecule is CC(C)(C)NC(=O)c1ccc(NC(=O)C2(C)CCCNC2)cc1. The van der Waals surface area contributed by atoms with E-state index >= 15 is 0 Å². The molecule has 1 aromatic rings. The van der Waals surface area contributed by atoms with Crippen molar-refractivity contribution in [1.82, 2.24) is 10.6 Å². The highest BCUT2D eigenvalue weighted by molar-refractivity contribution is 5.97. The van der Waals surface area contributed by atoms with E-state index in [-0.39, 0.29) is 22.8 Å². The van der Waals surface area contributed by atoms with E-state index < -0.39 is 0 Å². The first-order valence-electron chi connectivity index (χ1n) is 8.14. The Morgan fingerprint density at radius 3 is 2.35 bits per heavy atom. The molecule has 0 radical (unpaired) electrons. The smallest absolute Gasteiger partial charge is 0.251 e. The predicted molar refractivity (Wildman–Crippen MR) is 92.5 cm³/mol. The number of carbonyl (C=O) groups is 2. The first-order chi connectivity index (χ1) is 10.7. The Bertz CT molecular complexity index is 567. The third-order valence-electron chi connectivity index (χ3n) is 4.04. The van der Waals surface area contributed by atoms with Gasteiger partial charge in [-0.05, 0) is 71.3 Å². The lowest BCUT2D eigenvalue weighted by atomic mass is 9.82. The molecule has 1 unspecified atom stereocenters. The van der Waals surface area contributed by atoms with E-state index in [4.69, 9.17) is 0 Å². The fourth-order valence-corrected chi connectivity index (χ4v) is 2.65. The van der Waals surface area contributed by atoms with Crippen molar-refractivity contribution in [2.24, 2.45) is 5.41 Å². The second-order valence-electron chi connectivity index (χ2n) is 7.58. The quantitative estimate of drug-likeness (QED) is 0.802. The van der Waals surface area contributed by atoms with Gasteiger partial charge in [0.1, 0.15) is 0 Å². The molecule has 1 heterocycles. The summed E-state index contributed by atoms with van der Waals surface area (Å²) in [6.45, 7) is 9.49. The summed E-state index contributed by atoms with van der Waals surface area (Å²) in [6, 6.07) is 7.01. The number of nitrogens with one attached hydrogen (secondary N) is 3. The molecule has 1 fully saturated rings. The molecular weight excluding hydrogens is 290 g/mol. The van der Waals surface area contributed by atoms with Crippen LogP contribution < -0.4 is 16.0 Å². The molecule has 5 heteroatoms. The van der Waals surface area contributed by atoms with E-state index in [1.807, 2.05) is 27.7 Å². The summed E-state index contributed by atoms with van der Waals surface area (Å²) < 4.78 is 0. The summed E-state index contributed by atoms with van der Waals surface area (Å²) in [4.78, 5) is 24.6. The van der Waals surface area contributed by atoms with Crippen LogP contribution in [0.5, 0.6) is 0 Å². The van der Waals surface area contributed by atoms with Crippen molar-refractivity contribution in [1.29, 1.82) is 0 Å². The zero-order chi connectivity index (χ0) is 17.1. The third-order valence-corrected chi connectivity index (χ3v) is 4.04. The molecule has 23 heavy (non-hydrogen) atoms. The largest absolute Gasteiger partial charge is 0.347 e.